The van der Waals surface area contributed by atoms with Crippen LogP contribution >= 0.6 is 11.8 Å². The Morgan fingerprint density at radius 1 is 1.29 bits per heavy atom. The van der Waals surface area contributed by atoms with E-state index in [-0.39, 0.29) is 5.41 Å². The van der Waals surface area contributed by atoms with E-state index in [0.717, 1.165) is 31.7 Å². The lowest BCUT2D eigenvalue weighted by Gasteiger charge is -2.26. The summed E-state index contributed by atoms with van der Waals surface area (Å²) in [5, 5.41) is 8.72. The summed E-state index contributed by atoms with van der Waals surface area (Å²) in [4.78, 5) is 13.9. The van der Waals surface area contributed by atoms with Crippen LogP contribution in [0.4, 0.5) is 0 Å². The van der Waals surface area contributed by atoms with E-state index < -0.39 is 0 Å². The first-order valence-electron chi connectivity index (χ1n) is 6.48. The van der Waals surface area contributed by atoms with Gasteiger partial charge >= 0.3 is 0 Å². The van der Waals surface area contributed by atoms with Gasteiger partial charge in [-0.1, -0.05) is 0 Å². The van der Waals surface area contributed by atoms with Crippen molar-refractivity contribution in [3.05, 3.63) is 0 Å². The summed E-state index contributed by atoms with van der Waals surface area (Å²) in [6.07, 6.45) is 6.60. The van der Waals surface area contributed by atoms with Crippen LogP contribution < -0.4 is 0 Å². The maximum Gasteiger partial charge on any atom is 0.232 e. The summed E-state index contributed by atoms with van der Waals surface area (Å²) in [5.41, 5.74) is 0.265. The number of amides is 1. The highest BCUT2D eigenvalue weighted by Gasteiger charge is 2.42. The smallest absolute Gasteiger partial charge is 0.232 e. The van der Waals surface area contributed by atoms with E-state index >= 15 is 0 Å². The zero-order valence-corrected chi connectivity index (χ0v) is 11.1. The zero-order valence-electron chi connectivity index (χ0n) is 10.3. The summed E-state index contributed by atoms with van der Waals surface area (Å²) in [6, 6.07) is 2.26. The number of carbonyl (C=O) groups excluding carboxylic acids is 1. The molecule has 0 bridgehead atoms. The van der Waals surface area contributed by atoms with Gasteiger partial charge in [-0.15, -0.1) is 0 Å². The van der Waals surface area contributed by atoms with Crippen LogP contribution in [0.5, 0.6) is 0 Å². The molecule has 0 aromatic heterocycles. The molecule has 1 aliphatic carbocycles. The molecule has 0 unspecified atom stereocenters. The number of hydrogen-bond donors (Lipinski definition) is 0. The molecular formula is C13H20N2OS. The molecule has 0 radical (unpaired) electrons. The Hall–Kier alpha value is -0.690. The minimum atomic E-state index is 0.265. The molecule has 0 atom stereocenters. The molecule has 1 saturated carbocycles. The minimum Gasteiger partial charge on any atom is -0.342 e. The van der Waals surface area contributed by atoms with Crippen molar-refractivity contribution >= 4 is 17.7 Å². The number of carbonyl (C=O) groups is 1. The average molecular weight is 252 g/mol. The van der Waals surface area contributed by atoms with Gasteiger partial charge in [-0.05, 0) is 37.5 Å². The third-order valence-electron chi connectivity index (χ3n) is 3.75. The zero-order chi connectivity index (χ0) is 12.1. The van der Waals surface area contributed by atoms with Crippen molar-refractivity contribution in [2.75, 3.05) is 24.6 Å². The van der Waals surface area contributed by atoms with E-state index in [4.69, 9.17) is 5.26 Å². The summed E-state index contributed by atoms with van der Waals surface area (Å²) in [6.45, 7) is 1.89. The number of nitriles is 1. The van der Waals surface area contributed by atoms with E-state index in [1.807, 2.05) is 4.90 Å². The quantitative estimate of drug-likeness (QED) is 0.755. The SMILES string of the molecule is N#CCC1(CSCC(=O)N2CCCCC2)CC1. The van der Waals surface area contributed by atoms with Crippen molar-refractivity contribution in [2.24, 2.45) is 5.41 Å². The standard InChI is InChI=1S/C13H20N2OS/c14-7-6-13(4-5-13)11-17-10-12(16)15-8-2-1-3-9-15/h1-6,8-11H2. The first-order chi connectivity index (χ1) is 8.26. The van der Waals surface area contributed by atoms with Gasteiger partial charge in [0.2, 0.25) is 5.91 Å². The van der Waals surface area contributed by atoms with Crippen LogP contribution in [0.15, 0.2) is 0 Å². The Morgan fingerprint density at radius 2 is 2.00 bits per heavy atom. The molecule has 94 valence electrons. The van der Waals surface area contributed by atoms with Gasteiger partial charge in [-0.3, -0.25) is 4.79 Å². The monoisotopic (exact) mass is 252 g/mol. The number of piperidine rings is 1. The highest BCUT2D eigenvalue weighted by molar-refractivity contribution is 7.99. The second kappa shape index (κ2) is 5.77. The first kappa shape index (κ1) is 12.8. The van der Waals surface area contributed by atoms with Crippen LogP contribution in [0.25, 0.3) is 0 Å². The number of thioether (sulfide) groups is 1. The van der Waals surface area contributed by atoms with Crippen molar-refractivity contribution in [3.63, 3.8) is 0 Å². The number of likely N-dealkylation sites (tertiary alicyclic amines) is 1. The maximum absolute atomic E-state index is 11.9. The summed E-state index contributed by atoms with van der Waals surface area (Å²) in [7, 11) is 0. The molecule has 0 N–H and O–H groups in total. The molecule has 3 nitrogen and oxygen atoms in total. The van der Waals surface area contributed by atoms with Crippen LogP contribution in [0.1, 0.15) is 38.5 Å². The molecule has 0 aromatic carbocycles. The van der Waals surface area contributed by atoms with Gasteiger partial charge < -0.3 is 4.90 Å². The topological polar surface area (TPSA) is 44.1 Å². The molecule has 2 aliphatic rings. The van der Waals surface area contributed by atoms with E-state index in [0.29, 0.717) is 18.1 Å². The van der Waals surface area contributed by atoms with Crippen LogP contribution in [-0.4, -0.2) is 35.4 Å². The fourth-order valence-corrected chi connectivity index (χ4v) is 3.59. The van der Waals surface area contributed by atoms with Crippen LogP contribution in [-0.2, 0) is 4.79 Å². The Kier molecular flexibility index (Phi) is 4.33. The Labute approximate surface area is 108 Å². The van der Waals surface area contributed by atoms with Gasteiger partial charge in [0.15, 0.2) is 0 Å². The van der Waals surface area contributed by atoms with Crippen molar-refractivity contribution < 1.29 is 4.79 Å². The van der Waals surface area contributed by atoms with Gasteiger partial charge in [-0.2, -0.15) is 17.0 Å². The molecule has 1 aliphatic heterocycles. The molecule has 2 rings (SSSR count). The molecule has 1 amide bonds. The number of nitrogens with zero attached hydrogens (tertiary/aromatic N) is 2. The third kappa shape index (κ3) is 3.64. The second-order valence-electron chi connectivity index (χ2n) is 5.27. The van der Waals surface area contributed by atoms with Crippen molar-refractivity contribution in [3.8, 4) is 6.07 Å². The lowest BCUT2D eigenvalue weighted by atomic mass is 10.1. The van der Waals surface area contributed by atoms with E-state index in [2.05, 4.69) is 6.07 Å². The lowest BCUT2D eigenvalue weighted by Crippen LogP contribution is -2.36. The largest absolute Gasteiger partial charge is 0.342 e. The Morgan fingerprint density at radius 3 is 2.59 bits per heavy atom. The van der Waals surface area contributed by atoms with Gasteiger partial charge in [0.25, 0.3) is 0 Å². The molecule has 4 heteroatoms. The first-order valence-corrected chi connectivity index (χ1v) is 7.64. The molecular weight excluding hydrogens is 232 g/mol. The van der Waals surface area contributed by atoms with Crippen LogP contribution in [0, 0.1) is 16.7 Å². The van der Waals surface area contributed by atoms with Gasteiger partial charge in [0.1, 0.15) is 0 Å². The summed E-state index contributed by atoms with van der Waals surface area (Å²) in [5.74, 6) is 1.88. The molecule has 1 heterocycles. The Balaban J connectivity index is 1.64. The Bertz CT molecular complexity index is 314. The number of hydrogen-bond acceptors (Lipinski definition) is 3. The van der Waals surface area contributed by atoms with E-state index in [1.54, 1.807) is 11.8 Å². The van der Waals surface area contributed by atoms with Crippen LogP contribution in [0.3, 0.4) is 0 Å². The predicted octanol–water partition coefficient (Wildman–Crippen LogP) is 2.43. The lowest BCUT2D eigenvalue weighted by molar-refractivity contribution is -0.129. The van der Waals surface area contributed by atoms with Gasteiger partial charge in [0.05, 0.1) is 11.8 Å². The molecule has 1 saturated heterocycles. The second-order valence-corrected chi connectivity index (χ2v) is 6.25. The molecule has 17 heavy (non-hydrogen) atoms. The van der Waals surface area contributed by atoms with E-state index in [1.165, 1.54) is 19.3 Å². The number of rotatable bonds is 5. The summed E-state index contributed by atoms with van der Waals surface area (Å²) < 4.78 is 0. The average Bonchev–Trinajstić information content (AvgIpc) is 3.11. The fraction of sp³-hybridized carbons (Fsp3) is 0.846. The van der Waals surface area contributed by atoms with Crippen LogP contribution in [0.2, 0.25) is 0 Å². The molecule has 0 spiro atoms. The van der Waals surface area contributed by atoms with Crippen molar-refractivity contribution in [1.29, 1.82) is 5.26 Å². The van der Waals surface area contributed by atoms with Gasteiger partial charge in [0, 0.05) is 25.3 Å². The predicted molar refractivity (Wildman–Crippen MR) is 69.7 cm³/mol. The van der Waals surface area contributed by atoms with Gasteiger partial charge in [-0.25, -0.2) is 0 Å². The summed E-state index contributed by atoms with van der Waals surface area (Å²) >= 11 is 1.72. The highest BCUT2D eigenvalue weighted by atomic mass is 32.2. The third-order valence-corrected chi connectivity index (χ3v) is 5.02. The van der Waals surface area contributed by atoms with E-state index in [9.17, 15) is 4.79 Å². The molecule has 2 fully saturated rings. The maximum atomic E-state index is 11.9. The fourth-order valence-electron chi connectivity index (χ4n) is 2.31. The molecule has 0 aromatic rings. The highest BCUT2D eigenvalue weighted by Crippen LogP contribution is 2.50. The van der Waals surface area contributed by atoms with Crippen molar-refractivity contribution in [1.82, 2.24) is 4.90 Å². The normalized spacial score (nSPS) is 21.9. The minimum absolute atomic E-state index is 0.265. The van der Waals surface area contributed by atoms with Crippen molar-refractivity contribution in [2.45, 2.75) is 38.5 Å².